The number of amides is 1. The Hall–Kier alpha value is -1.40. The van der Waals surface area contributed by atoms with E-state index >= 15 is 0 Å². The first kappa shape index (κ1) is 17.7. The van der Waals surface area contributed by atoms with Crippen molar-refractivity contribution in [3.8, 4) is 0 Å². The van der Waals surface area contributed by atoms with Crippen LogP contribution >= 0.6 is 11.6 Å². The molecule has 4 nitrogen and oxygen atoms in total. The molecule has 0 aliphatic rings. The van der Waals surface area contributed by atoms with E-state index in [4.69, 9.17) is 22.1 Å². The van der Waals surface area contributed by atoms with Gasteiger partial charge in [-0.25, -0.2) is 13.6 Å². The van der Waals surface area contributed by atoms with Crippen LogP contribution in [0, 0.1) is 0 Å². The number of alkyl halides is 2. The summed E-state index contributed by atoms with van der Waals surface area (Å²) >= 11 is 5.96. The number of ether oxygens (including phenoxy) is 1. The van der Waals surface area contributed by atoms with Gasteiger partial charge in [0.1, 0.15) is 5.60 Å². The van der Waals surface area contributed by atoms with Crippen molar-refractivity contribution in [1.82, 2.24) is 0 Å². The summed E-state index contributed by atoms with van der Waals surface area (Å²) in [6, 6.07) is 3.35. The number of nitrogens with one attached hydrogen (secondary N) is 1. The molecule has 1 atom stereocenters. The highest BCUT2D eigenvalue weighted by Gasteiger charge is 2.19. The maximum absolute atomic E-state index is 12.4. The van der Waals surface area contributed by atoms with Gasteiger partial charge in [0.05, 0.1) is 16.8 Å². The molecule has 0 aliphatic heterocycles. The largest absolute Gasteiger partial charge is 0.444 e. The van der Waals surface area contributed by atoms with Crippen LogP contribution in [-0.2, 0) is 11.2 Å². The van der Waals surface area contributed by atoms with E-state index in [0.29, 0.717) is 11.3 Å². The summed E-state index contributed by atoms with van der Waals surface area (Å²) < 4.78 is 30.0. The van der Waals surface area contributed by atoms with Crippen LogP contribution in [0.25, 0.3) is 0 Å². The van der Waals surface area contributed by atoms with Gasteiger partial charge in [0.25, 0.3) is 6.43 Å². The molecule has 1 aromatic rings. The average Bonchev–Trinajstić information content (AvgIpc) is 2.30. The van der Waals surface area contributed by atoms with Crippen LogP contribution in [0.1, 0.15) is 26.3 Å². The number of benzene rings is 1. The van der Waals surface area contributed by atoms with Gasteiger partial charge in [0.15, 0.2) is 0 Å². The molecular weight excluding hydrogens is 302 g/mol. The van der Waals surface area contributed by atoms with E-state index < -0.39 is 24.2 Å². The third-order valence-corrected chi connectivity index (χ3v) is 2.79. The van der Waals surface area contributed by atoms with Crippen molar-refractivity contribution in [2.24, 2.45) is 5.73 Å². The Labute approximate surface area is 127 Å². The lowest BCUT2D eigenvalue weighted by Gasteiger charge is -2.20. The van der Waals surface area contributed by atoms with Gasteiger partial charge >= 0.3 is 6.09 Å². The number of carbonyl (C=O) groups is 1. The molecule has 0 bridgehead atoms. The van der Waals surface area contributed by atoms with Crippen molar-refractivity contribution in [1.29, 1.82) is 0 Å². The van der Waals surface area contributed by atoms with Gasteiger partial charge in [0.2, 0.25) is 0 Å². The lowest BCUT2D eigenvalue weighted by atomic mass is 10.1. The van der Waals surface area contributed by atoms with Crippen LogP contribution < -0.4 is 11.1 Å². The molecule has 1 unspecified atom stereocenters. The van der Waals surface area contributed by atoms with Crippen molar-refractivity contribution in [3.63, 3.8) is 0 Å². The molecule has 0 saturated carbocycles. The van der Waals surface area contributed by atoms with Gasteiger partial charge in [0, 0.05) is 0 Å². The summed E-state index contributed by atoms with van der Waals surface area (Å²) in [5.74, 6) is 0. The van der Waals surface area contributed by atoms with Crippen molar-refractivity contribution in [3.05, 3.63) is 28.8 Å². The molecule has 0 heterocycles. The van der Waals surface area contributed by atoms with E-state index in [0.717, 1.165) is 0 Å². The zero-order valence-corrected chi connectivity index (χ0v) is 12.9. The highest BCUT2D eigenvalue weighted by atomic mass is 35.5. The van der Waals surface area contributed by atoms with Gasteiger partial charge in [-0.2, -0.15) is 0 Å². The molecule has 0 saturated heterocycles. The minimum Gasteiger partial charge on any atom is -0.444 e. The SMILES string of the molecule is CC(C)(C)OC(=O)Nc1cc(CC(N)C(F)F)ccc1Cl. The Balaban J connectivity index is 2.80. The van der Waals surface area contributed by atoms with Crippen LogP contribution in [-0.4, -0.2) is 24.2 Å². The van der Waals surface area contributed by atoms with Gasteiger partial charge in [-0.3, -0.25) is 5.32 Å². The number of anilines is 1. The fraction of sp³-hybridized carbons (Fsp3) is 0.500. The Morgan fingerprint density at radius 2 is 2.05 bits per heavy atom. The van der Waals surface area contributed by atoms with Crippen molar-refractivity contribution < 1.29 is 18.3 Å². The lowest BCUT2D eigenvalue weighted by molar-refractivity contribution is 0.0636. The molecular formula is C14H19ClF2N2O2. The first-order valence-electron chi connectivity index (χ1n) is 6.40. The zero-order chi connectivity index (χ0) is 16.2. The fourth-order valence-corrected chi connectivity index (χ4v) is 1.73. The molecule has 0 spiro atoms. The first-order valence-corrected chi connectivity index (χ1v) is 6.78. The second kappa shape index (κ2) is 7.04. The molecule has 1 aromatic carbocycles. The minimum absolute atomic E-state index is 0.0160. The van der Waals surface area contributed by atoms with E-state index in [1.807, 2.05) is 0 Å². The predicted molar refractivity (Wildman–Crippen MR) is 79.0 cm³/mol. The number of hydrogen-bond donors (Lipinski definition) is 2. The highest BCUT2D eigenvalue weighted by Crippen LogP contribution is 2.24. The highest BCUT2D eigenvalue weighted by molar-refractivity contribution is 6.33. The maximum Gasteiger partial charge on any atom is 0.412 e. The summed E-state index contributed by atoms with van der Waals surface area (Å²) in [6.07, 6.45) is -3.29. The Kier molecular flexibility index (Phi) is 5.92. The molecule has 0 radical (unpaired) electrons. The number of carbonyl (C=O) groups excluding carboxylic acids is 1. The van der Waals surface area contributed by atoms with Gasteiger partial charge < -0.3 is 10.5 Å². The molecule has 0 aromatic heterocycles. The zero-order valence-electron chi connectivity index (χ0n) is 12.1. The Bertz CT molecular complexity index is 504. The molecule has 118 valence electrons. The number of nitrogens with two attached hydrogens (primary N) is 1. The quantitative estimate of drug-likeness (QED) is 0.886. The van der Waals surface area contributed by atoms with Crippen LogP contribution in [0.5, 0.6) is 0 Å². The monoisotopic (exact) mass is 320 g/mol. The van der Waals surface area contributed by atoms with E-state index in [9.17, 15) is 13.6 Å². The number of rotatable bonds is 4. The molecule has 7 heteroatoms. The number of hydrogen-bond acceptors (Lipinski definition) is 3. The van der Waals surface area contributed by atoms with Crippen LogP contribution in [0.3, 0.4) is 0 Å². The second-order valence-corrected chi connectivity index (χ2v) is 6.05. The number of halogens is 3. The van der Waals surface area contributed by atoms with Crippen LogP contribution in [0.15, 0.2) is 18.2 Å². The average molecular weight is 321 g/mol. The molecule has 1 rings (SSSR count). The summed E-state index contributed by atoms with van der Waals surface area (Å²) in [5.41, 5.74) is 5.53. The second-order valence-electron chi connectivity index (χ2n) is 5.64. The van der Waals surface area contributed by atoms with E-state index in [2.05, 4.69) is 5.32 Å². The van der Waals surface area contributed by atoms with Crippen molar-refractivity contribution in [2.45, 2.75) is 45.3 Å². The predicted octanol–water partition coefficient (Wildman–Crippen LogP) is 3.82. The van der Waals surface area contributed by atoms with Crippen molar-refractivity contribution in [2.75, 3.05) is 5.32 Å². The first-order chi connectivity index (χ1) is 9.58. The topological polar surface area (TPSA) is 64.3 Å². The third-order valence-electron chi connectivity index (χ3n) is 2.46. The van der Waals surface area contributed by atoms with Gasteiger partial charge in [-0.15, -0.1) is 0 Å². The molecule has 3 N–H and O–H groups in total. The third kappa shape index (κ3) is 6.27. The standard InChI is InChI=1S/C14H19ClF2N2O2/c1-14(2,3)21-13(20)19-11-7-8(4-5-9(11)15)6-10(18)12(16)17/h4-5,7,10,12H,6,18H2,1-3H3,(H,19,20). The molecule has 0 aliphatic carbocycles. The van der Waals surface area contributed by atoms with Crippen LogP contribution in [0.2, 0.25) is 5.02 Å². The van der Waals surface area contributed by atoms with Crippen molar-refractivity contribution >= 4 is 23.4 Å². The Morgan fingerprint density at radius 1 is 1.43 bits per heavy atom. The van der Waals surface area contributed by atoms with E-state index in [1.165, 1.54) is 12.1 Å². The molecule has 1 amide bonds. The summed E-state index contributed by atoms with van der Waals surface area (Å²) in [6.45, 7) is 5.19. The lowest BCUT2D eigenvalue weighted by Crippen LogP contribution is -2.31. The Morgan fingerprint density at radius 3 is 2.57 bits per heavy atom. The smallest absolute Gasteiger partial charge is 0.412 e. The summed E-state index contributed by atoms with van der Waals surface area (Å²) in [7, 11) is 0. The van der Waals surface area contributed by atoms with Gasteiger partial charge in [-0.05, 0) is 44.9 Å². The van der Waals surface area contributed by atoms with Gasteiger partial charge in [-0.1, -0.05) is 17.7 Å². The minimum atomic E-state index is -2.61. The van der Waals surface area contributed by atoms with Crippen LogP contribution in [0.4, 0.5) is 19.3 Å². The van der Waals surface area contributed by atoms with E-state index in [-0.39, 0.29) is 11.4 Å². The molecule has 0 fully saturated rings. The summed E-state index contributed by atoms with van der Waals surface area (Å²) in [5, 5.41) is 2.78. The fourth-order valence-electron chi connectivity index (χ4n) is 1.57. The normalized spacial score (nSPS) is 13.1. The van der Waals surface area contributed by atoms with E-state index in [1.54, 1.807) is 26.8 Å². The molecule has 21 heavy (non-hydrogen) atoms. The summed E-state index contributed by atoms with van der Waals surface area (Å²) in [4.78, 5) is 11.7. The maximum atomic E-state index is 12.4.